The van der Waals surface area contributed by atoms with Crippen molar-refractivity contribution in [3.8, 4) is 17.5 Å². The maximum atomic E-state index is 9.34. The third-order valence-corrected chi connectivity index (χ3v) is 3.88. The lowest BCUT2D eigenvalue weighted by molar-refractivity contribution is 0.481. The van der Waals surface area contributed by atoms with E-state index < -0.39 is 0 Å². The molecule has 0 atom stereocenters. The van der Waals surface area contributed by atoms with Crippen LogP contribution in [0.4, 0.5) is 5.82 Å². The molecule has 1 radical (unpaired) electrons. The van der Waals surface area contributed by atoms with Crippen LogP contribution in [0.25, 0.3) is 11.4 Å². The molecule has 0 aromatic carbocycles. The van der Waals surface area contributed by atoms with Crippen LogP contribution in [0.3, 0.4) is 0 Å². The summed E-state index contributed by atoms with van der Waals surface area (Å²) in [4.78, 5) is 4.37. The van der Waals surface area contributed by atoms with Crippen LogP contribution in [0.1, 0.15) is 25.3 Å². The minimum Gasteiger partial charge on any atom is -0.383 e. The standard InChI is InChI=1S/C14H15BN5/c1-14(5-6-14)20-13(17)10(7-16)12(19-20)11-4-3-9(15-2)8-18-11/h3-4,8H,5-6,17H2,1-2H3. The Morgan fingerprint density at radius 1 is 1.45 bits per heavy atom. The van der Waals surface area contributed by atoms with Crippen molar-refractivity contribution in [1.82, 2.24) is 14.8 Å². The molecule has 6 heteroatoms. The maximum Gasteiger partial charge on any atom is 0.150 e. The van der Waals surface area contributed by atoms with Gasteiger partial charge in [-0.25, -0.2) is 4.68 Å². The second-order valence-corrected chi connectivity index (χ2v) is 5.39. The topological polar surface area (TPSA) is 80.5 Å². The van der Waals surface area contributed by atoms with Crippen LogP contribution >= 0.6 is 0 Å². The Morgan fingerprint density at radius 2 is 2.20 bits per heavy atom. The van der Waals surface area contributed by atoms with Crippen molar-refractivity contribution in [2.75, 3.05) is 5.73 Å². The van der Waals surface area contributed by atoms with Crippen molar-refractivity contribution in [3.63, 3.8) is 0 Å². The Morgan fingerprint density at radius 3 is 2.70 bits per heavy atom. The van der Waals surface area contributed by atoms with Gasteiger partial charge in [0, 0.05) is 6.20 Å². The van der Waals surface area contributed by atoms with Gasteiger partial charge < -0.3 is 5.73 Å². The number of nitrogen functional groups attached to an aromatic ring is 1. The predicted octanol–water partition coefficient (Wildman–Crippen LogP) is 1.29. The van der Waals surface area contributed by atoms with E-state index in [1.54, 1.807) is 10.9 Å². The summed E-state index contributed by atoms with van der Waals surface area (Å²) in [6.45, 7) is 4.06. The lowest BCUT2D eigenvalue weighted by atomic mass is 9.74. The van der Waals surface area contributed by atoms with Gasteiger partial charge in [0.25, 0.3) is 0 Å². The SMILES string of the molecule is C[B]c1ccc(-c2nn(C3(C)CC3)c(N)c2C#N)nc1. The quantitative estimate of drug-likeness (QED) is 0.847. The fourth-order valence-corrected chi connectivity index (χ4v) is 2.24. The number of anilines is 1. The van der Waals surface area contributed by atoms with Crippen molar-refractivity contribution in [2.24, 2.45) is 0 Å². The first kappa shape index (κ1) is 12.7. The summed E-state index contributed by atoms with van der Waals surface area (Å²) in [5, 5.41) is 13.9. The van der Waals surface area contributed by atoms with Gasteiger partial charge >= 0.3 is 0 Å². The van der Waals surface area contributed by atoms with Gasteiger partial charge in [-0.2, -0.15) is 10.4 Å². The first-order chi connectivity index (χ1) is 9.59. The van der Waals surface area contributed by atoms with Crippen LogP contribution in [-0.2, 0) is 5.54 Å². The average molecular weight is 264 g/mol. The molecule has 3 rings (SSSR count). The average Bonchev–Trinajstić information content (AvgIpc) is 3.12. The fraction of sp³-hybridized carbons (Fsp3) is 0.357. The largest absolute Gasteiger partial charge is 0.383 e. The van der Waals surface area contributed by atoms with E-state index in [-0.39, 0.29) is 5.54 Å². The van der Waals surface area contributed by atoms with Crippen LogP contribution in [-0.4, -0.2) is 22.0 Å². The van der Waals surface area contributed by atoms with Gasteiger partial charge in [-0.15, -0.1) is 0 Å². The van der Waals surface area contributed by atoms with Crippen LogP contribution < -0.4 is 11.2 Å². The number of hydrogen-bond acceptors (Lipinski definition) is 4. The normalized spacial score (nSPS) is 15.7. The number of aromatic nitrogens is 3. The van der Waals surface area contributed by atoms with Crippen molar-refractivity contribution < 1.29 is 0 Å². The molecule has 2 N–H and O–H groups in total. The molecule has 2 heterocycles. The van der Waals surface area contributed by atoms with Crippen LogP contribution in [0.2, 0.25) is 6.82 Å². The van der Waals surface area contributed by atoms with Gasteiger partial charge in [0.1, 0.15) is 30.4 Å². The van der Waals surface area contributed by atoms with E-state index in [1.807, 2.05) is 26.2 Å². The molecule has 0 unspecified atom stereocenters. The zero-order chi connectivity index (χ0) is 14.3. The van der Waals surface area contributed by atoms with Gasteiger partial charge in [-0.05, 0) is 25.8 Å². The number of nitriles is 1. The second-order valence-electron chi connectivity index (χ2n) is 5.39. The van der Waals surface area contributed by atoms with Crippen LogP contribution in [0, 0.1) is 11.3 Å². The summed E-state index contributed by atoms with van der Waals surface area (Å²) in [7, 11) is 1.97. The monoisotopic (exact) mass is 264 g/mol. The highest BCUT2D eigenvalue weighted by Gasteiger charge is 2.42. The molecular formula is C14H15BN5. The molecule has 0 aliphatic heterocycles. The van der Waals surface area contributed by atoms with E-state index in [9.17, 15) is 5.26 Å². The summed E-state index contributed by atoms with van der Waals surface area (Å²) in [5.41, 5.74) is 8.75. The Labute approximate surface area is 118 Å². The molecular weight excluding hydrogens is 249 g/mol. The molecule has 20 heavy (non-hydrogen) atoms. The molecule has 1 aliphatic carbocycles. The van der Waals surface area contributed by atoms with E-state index in [2.05, 4.69) is 23.1 Å². The lowest BCUT2D eigenvalue weighted by Gasteiger charge is -2.10. The van der Waals surface area contributed by atoms with Gasteiger partial charge in [-0.1, -0.05) is 18.4 Å². The number of nitrogens with two attached hydrogens (primary N) is 1. The Bertz CT molecular complexity index is 692. The van der Waals surface area contributed by atoms with Gasteiger partial charge in [0.05, 0.1) is 11.2 Å². The highest BCUT2D eigenvalue weighted by Crippen LogP contribution is 2.45. The molecule has 2 aromatic rings. The van der Waals surface area contributed by atoms with Crippen molar-refractivity contribution in [1.29, 1.82) is 5.26 Å². The van der Waals surface area contributed by atoms with E-state index >= 15 is 0 Å². The summed E-state index contributed by atoms with van der Waals surface area (Å²) in [6, 6.07) is 5.98. The zero-order valence-corrected chi connectivity index (χ0v) is 11.6. The molecule has 1 aliphatic rings. The van der Waals surface area contributed by atoms with Crippen LogP contribution in [0.5, 0.6) is 0 Å². The second kappa shape index (κ2) is 4.38. The Balaban J connectivity index is 2.11. The third kappa shape index (κ3) is 1.86. The number of hydrogen-bond donors (Lipinski definition) is 1. The molecule has 5 nitrogen and oxygen atoms in total. The maximum absolute atomic E-state index is 9.34. The molecule has 0 spiro atoms. The van der Waals surface area contributed by atoms with E-state index in [1.165, 1.54) is 0 Å². The molecule has 0 saturated heterocycles. The van der Waals surface area contributed by atoms with E-state index in [0.29, 0.717) is 22.8 Å². The molecule has 0 bridgehead atoms. The zero-order valence-electron chi connectivity index (χ0n) is 11.6. The first-order valence-corrected chi connectivity index (χ1v) is 6.64. The van der Waals surface area contributed by atoms with Crippen molar-refractivity contribution in [2.45, 2.75) is 32.1 Å². The van der Waals surface area contributed by atoms with Crippen molar-refractivity contribution >= 4 is 18.6 Å². The Kier molecular flexibility index (Phi) is 2.79. The third-order valence-electron chi connectivity index (χ3n) is 3.88. The molecule has 0 amide bonds. The van der Waals surface area contributed by atoms with Crippen molar-refractivity contribution in [3.05, 3.63) is 23.9 Å². The summed E-state index contributed by atoms with van der Waals surface area (Å²) >= 11 is 0. The summed E-state index contributed by atoms with van der Waals surface area (Å²) in [6.07, 6.45) is 3.85. The molecule has 1 saturated carbocycles. The first-order valence-electron chi connectivity index (χ1n) is 6.64. The van der Waals surface area contributed by atoms with Gasteiger partial charge in [0.2, 0.25) is 0 Å². The van der Waals surface area contributed by atoms with E-state index in [4.69, 9.17) is 5.73 Å². The smallest absolute Gasteiger partial charge is 0.150 e. The Hall–Kier alpha value is -2.29. The molecule has 99 valence electrons. The minimum absolute atomic E-state index is 0.0366. The highest BCUT2D eigenvalue weighted by molar-refractivity contribution is 6.51. The van der Waals surface area contributed by atoms with Gasteiger partial charge in [0.15, 0.2) is 0 Å². The van der Waals surface area contributed by atoms with Crippen LogP contribution in [0.15, 0.2) is 18.3 Å². The minimum atomic E-state index is -0.0366. The lowest BCUT2D eigenvalue weighted by Crippen LogP contribution is -2.16. The summed E-state index contributed by atoms with van der Waals surface area (Å²) in [5.74, 6) is 0.440. The summed E-state index contributed by atoms with van der Waals surface area (Å²) < 4.78 is 1.78. The van der Waals surface area contributed by atoms with Gasteiger partial charge in [-0.3, -0.25) is 4.98 Å². The van der Waals surface area contributed by atoms with E-state index in [0.717, 1.165) is 18.3 Å². The predicted molar refractivity (Wildman–Crippen MR) is 78.7 cm³/mol. The fourth-order valence-electron chi connectivity index (χ4n) is 2.24. The molecule has 2 aromatic heterocycles. The number of pyridine rings is 1. The number of rotatable bonds is 3. The molecule has 1 fully saturated rings. The highest BCUT2D eigenvalue weighted by atomic mass is 15.4. The number of nitrogens with zero attached hydrogens (tertiary/aromatic N) is 4.